The first kappa shape index (κ1) is 15.9. The average molecular weight is 368 g/mol. The summed E-state index contributed by atoms with van der Waals surface area (Å²) in [5, 5.41) is 1.00. The molecule has 105 valence electrons. The largest absolute Gasteiger partial charge is 0.424 e. The van der Waals surface area contributed by atoms with Crippen molar-refractivity contribution in [3.05, 3.63) is 18.6 Å². The maximum Gasteiger partial charge on any atom is 0.142 e. The van der Waals surface area contributed by atoms with E-state index in [0.29, 0.717) is 6.04 Å². The fourth-order valence-corrected chi connectivity index (χ4v) is 3.32. The fraction of sp³-hybridized carbons (Fsp3) is 0.500. The maximum atomic E-state index is 10.7. The molecule has 1 aliphatic rings. The number of aromatic amines is 1. The van der Waals surface area contributed by atoms with Gasteiger partial charge in [0.05, 0.1) is 5.39 Å². The van der Waals surface area contributed by atoms with Crippen molar-refractivity contribution < 1.29 is 41.1 Å². The van der Waals surface area contributed by atoms with Crippen LogP contribution in [0.25, 0.3) is 11.0 Å². The first-order valence-electron chi connectivity index (χ1n) is 6.22. The number of hydrogen-bond donors (Lipinski definition) is 1. The van der Waals surface area contributed by atoms with Gasteiger partial charge in [-0.2, -0.15) is 0 Å². The van der Waals surface area contributed by atoms with Crippen LogP contribution in [-0.2, 0) is 51.8 Å². The molecule has 1 saturated carbocycles. The Morgan fingerprint density at radius 3 is 2.85 bits per heavy atom. The minimum Gasteiger partial charge on any atom is -0.424 e. The first-order valence-corrected chi connectivity index (χ1v) is 7.46. The van der Waals surface area contributed by atoms with Gasteiger partial charge < -0.3 is 18.3 Å². The molecule has 0 unspecified atom stereocenters. The summed E-state index contributed by atoms with van der Waals surface area (Å²) in [4.78, 5) is 13.7. The molecule has 2 aromatic rings. The molecule has 0 amide bonds. The predicted octanol–water partition coefficient (Wildman–Crippen LogP) is 1.48. The minimum atomic E-state index is -1.93. The standard InChI is InChI=1S/C12H15N4O2S.Y/c1-16(9-4-8(5-9)6-19(17)18)12-10-2-3-13-11(10)14-7-15-12;/h2-3,7-9H,4-6H2,1H3,(H,13,14,15);/q-1;. The Bertz CT molecular complexity index is 658. The van der Waals surface area contributed by atoms with Gasteiger partial charge in [0, 0.05) is 52.0 Å². The van der Waals surface area contributed by atoms with Crippen LogP contribution in [0.1, 0.15) is 12.8 Å². The second-order valence-electron chi connectivity index (χ2n) is 5.01. The van der Waals surface area contributed by atoms with Gasteiger partial charge in [-0.1, -0.05) is 22.4 Å². The summed E-state index contributed by atoms with van der Waals surface area (Å²) in [6.45, 7) is 0. The molecule has 1 N–H and O–H groups in total. The number of rotatable bonds is 4. The van der Waals surface area contributed by atoms with E-state index < -0.39 is 10.7 Å². The van der Waals surface area contributed by atoms with Gasteiger partial charge in [0.1, 0.15) is 17.8 Å². The number of anilines is 1. The molecule has 0 aliphatic heterocycles. The molecular weight excluding hydrogens is 353 g/mol. The Morgan fingerprint density at radius 1 is 1.40 bits per heavy atom. The topological polar surface area (TPSA) is 79.0 Å². The molecule has 1 aliphatic carbocycles. The number of hydrogen-bond acceptors (Lipinski definition) is 6. The molecular formula is C12H15N4O2SY-. The van der Waals surface area contributed by atoms with E-state index in [-0.39, 0.29) is 44.4 Å². The summed E-state index contributed by atoms with van der Waals surface area (Å²) in [5.41, 5.74) is 0.827. The van der Waals surface area contributed by atoms with Crippen LogP contribution in [0.15, 0.2) is 18.6 Å². The van der Waals surface area contributed by atoms with Crippen LogP contribution in [0.4, 0.5) is 5.82 Å². The average Bonchev–Trinajstić information content (AvgIpc) is 2.80. The molecule has 20 heavy (non-hydrogen) atoms. The Labute approximate surface area is 144 Å². The smallest absolute Gasteiger partial charge is 0.142 e. The van der Waals surface area contributed by atoms with Crippen molar-refractivity contribution in [2.45, 2.75) is 18.9 Å². The van der Waals surface area contributed by atoms with Crippen LogP contribution in [0.2, 0.25) is 0 Å². The summed E-state index contributed by atoms with van der Waals surface area (Å²) in [6, 6.07) is 2.32. The third-order valence-corrected chi connectivity index (χ3v) is 4.54. The molecule has 0 aromatic carbocycles. The maximum absolute atomic E-state index is 10.7. The third-order valence-electron chi connectivity index (χ3n) is 3.80. The van der Waals surface area contributed by atoms with Crippen LogP contribution in [0.3, 0.4) is 0 Å². The molecule has 6 nitrogen and oxygen atoms in total. The van der Waals surface area contributed by atoms with Gasteiger partial charge >= 0.3 is 0 Å². The van der Waals surface area contributed by atoms with E-state index in [1.165, 1.54) is 0 Å². The van der Waals surface area contributed by atoms with Gasteiger partial charge in [-0.3, -0.25) is 0 Å². The quantitative estimate of drug-likeness (QED) is 0.827. The summed E-state index contributed by atoms with van der Waals surface area (Å²) < 4.78 is 21.3. The molecule has 3 rings (SSSR count). The van der Waals surface area contributed by atoms with Gasteiger partial charge in [-0.15, -0.1) is 0 Å². The molecule has 8 heteroatoms. The molecule has 2 aromatic heterocycles. The Balaban J connectivity index is 0.00000147. The van der Waals surface area contributed by atoms with Gasteiger partial charge in [0.2, 0.25) is 0 Å². The summed E-state index contributed by atoms with van der Waals surface area (Å²) >= 11 is 0. The summed E-state index contributed by atoms with van der Waals surface area (Å²) in [7, 11) is 0.0719. The number of aromatic nitrogens is 3. The van der Waals surface area contributed by atoms with Gasteiger partial charge in [-0.05, 0) is 18.9 Å². The SMILES string of the molecule is CN(c1ncnc2[nH]ccc12)C1CC(C[S-](=O)=O)C1.[Y]. The number of H-pyrrole nitrogens is 1. The summed E-state index contributed by atoms with van der Waals surface area (Å²) in [6.07, 6.45) is 5.20. The van der Waals surface area contributed by atoms with Crippen molar-refractivity contribution in [3.8, 4) is 0 Å². The van der Waals surface area contributed by atoms with Crippen molar-refractivity contribution in [2.75, 3.05) is 17.7 Å². The Kier molecular flexibility index (Phi) is 5.15. The fourth-order valence-electron chi connectivity index (χ4n) is 2.66. The van der Waals surface area contributed by atoms with Crippen molar-refractivity contribution in [3.63, 3.8) is 0 Å². The van der Waals surface area contributed by atoms with Crippen molar-refractivity contribution in [1.82, 2.24) is 15.0 Å². The van der Waals surface area contributed by atoms with Crippen molar-refractivity contribution >= 4 is 27.6 Å². The minimum absolute atomic E-state index is 0. The van der Waals surface area contributed by atoms with E-state index in [9.17, 15) is 8.42 Å². The molecule has 1 fully saturated rings. The number of nitrogens with one attached hydrogen (secondary N) is 1. The monoisotopic (exact) mass is 368 g/mol. The van der Waals surface area contributed by atoms with E-state index in [1.54, 1.807) is 6.33 Å². The normalized spacial score (nSPS) is 21.5. The van der Waals surface area contributed by atoms with E-state index >= 15 is 0 Å². The molecule has 1 radical (unpaired) electrons. The van der Waals surface area contributed by atoms with E-state index in [1.807, 2.05) is 19.3 Å². The van der Waals surface area contributed by atoms with Crippen LogP contribution in [0, 0.1) is 5.92 Å². The zero-order valence-electron chi connectivity index (χ0n) is 11.2. The van der Waals surface area contributed by atoms with Crippen LogP contribution < -0.4 is 4.90 Å². The second kappa shape index (κ2) is 6.49. The van der Waals surface area contributed by atoms with Gasteiger partial charge in [0.25, 0.3) is 0 Å². The Morgan fingerprint density at radius 2 is 2.15 bits per heavy atom. The van der Waals surface area contributed by atoms with Crippen molar-refractivity contribution in [1.29, 1.82) is 0 Å². The van der Waals surface area contributed by atoms with Gasteiger partial charge in [0.15, 0.2) is 0 Å². The molecule has 0 atom stereocenters. The first-order chi connectivity index (χ1) is 9.15. The van der Waals surface area contributed by atoms with Crippen LogP contribution >= 0.6 is 0 Å². The third kappa shape index (κ3) is 3.04. The van der Waals surface area contributed by atoms with Crippen LogP contribution in [-0.4, -0.2) is 33.8 Å². The molecule has 0 saturated heterocycles. The van der Waals surface area contributed by atoms with Crippen LogP contribution in [0.5, 0.6) is 0 Å². The molecule has 0 bridgehead atoms. The molecule has 2 heterocycles. The van der Waals surface area contributed by atoms with Crippen molar-refractivity contribution in [2.24, 2.45) is 5.92 Å². The summed E-state index contributed by atoms with van der Waals surface area (Å²) in [5.74, 6) is 1.46. The Hall–Kier alpha value is -0.526. The number of fused-ring (bicyclic) bond motifs is 1. The van der Waals surface area contributed by atoms with E-state index in [4.69, 9.17) is 0 Å². The zero-order valence-corrected chi connectivity index (χ0v) is 14.8. The number of nitrogens with zero attached hydrogens (tertiary/aromatic N) is 3. The van der Waals surface area contributed by atoms with E-state index in [0.717, 1.165) is 29.7 Å². The molecule has 0 spiro atoms. The zero-order chi connectivity index (χ0) is 13.4. The van der Waals surface area contributed by atoms with Gasteiger partial charge in [-0.25, -0.2) is 9.97 Å². The second-order valence-corrected chi connectivity index (χ2v) is 5.95. The predicted molar refractivity (Wildman–Crippen MR) is 72.4 cm³/mol. The van der Waals surface area contributed by atoms with E-state index in [2.05, 4.69) is 19.9 Å².